The molecule has 0 fully saturated rings. The van der Waals surface area contributed by atoms with Gasteiger partial charge in [0.2, 0.25) is 0 Å². The Morgan fingerprint density at radius 1 is 1.06 bits per heavy atom. The molecule has 0 saturated heterocycles. The first kappa shape index (κ1) is 14.8. The molecular formula is C14H21NO3. The van der Waals surface area contributed by atoms with Gasteiger partial charge in [0, 0.05) is 39.4 Å². The summed E-state index contributed by atoms with van der Waals surface area (Å²) in [6.45, 7) is 3.99. The van der Waals surface area contributed by atoms with Crippen LogP contribution in [-0.2, 0) is 16.0 Å². The van der Waals surface area contributed by atoms with Crippen LogP contribution in [0.2, 0.25) is 0 Å². The number of hydrogen-bond donors (Lipinski definition) is 0. The van der Waals surface area contributed by atoms with Crippen LogP contribution in [0.5, 0.6) is 0 Å². The third-order valence-electron chi connectivity index (χ3n) is 2.75. The lowest BCUT2D eigenvalue weighted by Crippen LogP contribution is -2.30. The third-order valence-corrected chi connectivity index (χ3v) is 2.75. The zero-order chi connectivity index (χ0) is 13.2. The topological polar surface area (TPSA) is 38.8 Å². The molecule has 0 heterocycles. The lowest BCUT2D eigenvalue weighted by molar-refractivity contribution is 0.110. The van der Waals surface area contributed by atoms with Gasteiger partial charge < -0.3 is 9.47 Å². The number of aldehydes is 1. The normalized spacial score (nSPS) is 10.8. The van der Waals surface area contributed by atoms with Crippen molar-refractivity contribution in [2.75, 3.05) is 40.5 Å². The number of methoxy groups -OCH3 is 2. The van der Waals surface area contributed by atoms with Crippen LogP contribution >= 0.6 is 0 Å². The molecule has 1 aromatic carbocycles. The average Bonchev–Trinajstić information content (AvgIpc) is 2.42. The standard InChI is InChI=1S/C14H21NO3/c1-17-9-7-15(8-10-18-2)11-13-3-5-14(12-16)6-4-13/h3-6,12H,7-11H2,1-2H3. The highest BCUT2D eigenvalue weighted by Crippen LogP contribution is 2.06. The molecule has 1 rings (SSSR count). The molecule has 0 bridgehead atoms. The summed E-state index contributed by atoms with van der Waals surface area (Å²) in [5.74, 6) is 0. The predicted molar refractivity (Wildman–Crippen MR) is 70.9 cm³/mol. The Balaban J connectivity index is 2.53. The maximum absolute atomic E-state index is 10.6. The molecule has 0 aromatic heterocycles. The Morgan fingerprint density at radius 2 is 1.61 bits per heavy atom. The Kier molecular flexibility index (Phi) is 7.25. The maximum Gasteiger partial charge on any atom is 0.150 e. The summed E-state index contributed by atoms with van der Waals surface area (Å²) in [5, 5.41) is 0. The highest BCUT2D eigenvalue weighted by atomic mass is 16.5. The van der Waals surface area contributed by atoms with Crippen LogP contribution in [0, 0.1) is 0 Å². The summed E-state index contributed by atoms with van der Waals surface area (Å²) in [6.07, 6.45) is 0.859. The molecular weight excluding hydrogens is 230 g/mol. The Morgan fingerprint density at radius 3 is 2.06 bits per heavy atom. The van der Waals surface area contributed by atoms with Crippen molar-refractivity contribution in [3.05, 3.63) is 35.4 Å². The zero-order valence-electron chi connectivity index (χ0n) is 11.1. The molecule has 0 aliphatic heterocycles. The minimum absolute atomic E-state index is 0.704. The molecule has 0 atom stereocenters. The largest absolute Gasteiger partial charge is 0.383 e. The number of rotatable bonds is 9. The van der Waals surface area contributed by atoms with Crippen LogP contribution in [0.4, 0.5) is 0 Å². The van der Waals surface area contributed by atoms with Gasteiger partial charge >= 0.3 is 0 Å². The molecule has 4 nitrogen and oxygen atoms in total. The highest BCUT2D eigenvalue weighted by molar-refractivity contribution is 5.74. The van der Waals surface area contributed by atoms with Gasteiger partial charge in [0.25, 0.3) is 0 Å². The Bertz CT molecular complexity index is 329. The van der Waals surface area contributed by atoms with Crippen LogP contribution in [0.1, 0.15) is 15.9 Å². The first-order chi connectivity index (χ1) is 8.80. The molecule has 4 heteroatoms. The second-order valence-corrected chi connectivity index (χ2v) is 4.12. The monoisotopic (exact) mass is 251 g/mol. The maximum atomic E-state index is 10.6. The number of ether oxygens (including phenoxy) is 2. The third kappa shape index (κ3) is 5.40. The van der Waals surface area contributed by atoms with E-state index in [0.29, 0.717) is 18.8 Å². The van der Waals surface area contributed by atoms with Gasteiger partial charge in [-0.05, 0) is 5.56 Å². The van der Waals surface area contributed by atoms with Crippen LogP contribution in [0.15, 0.2) is 24.3 Å². The van der Waals surface area contributed by atoms with Gasteiger partial charge in [-0.25, -0.2) is 0 Å². The fourth-order valence-electron chi connectivity index (χ4n) is 1.67. The van der Waals surface area contributed by atoms with E-state index >= 15 is 0 Å². The summed E-state index contributed by atoms with van der Waals surface area (Å²) < 4.78 is 10.2. The van der Waals surface area contributed by atoms with Crippen LogP contribution in [-0.4, -0.2) is 51.7 Å². The minimum Gasteiger partial charge on any atom is -0.383 e. The number of nitrogens with zero attached hydrogens (tertiary/aromatic N) is 1. The lowest BCUT2D eigenvalue weighted by Gasteiger charge is -2.21. The number of carbonyl (C=O) groups excluding carboxylic acids is 1. The van der Waals surface area contributed by atoms with E-state index in [0.717, 1.165) is 25.9 Å². The van der Waals surface area contributed by atoms with E-state index in [-0.39, 0.29) is 0 Å². The quantitative estimate of drug-likeness (QED) is 0.625. The van der Waals surface area contributed by atoms with Gasteiger partial charge in [0.1, 0.15) is 6.29 Å². The van der Waals surface area contributed by atoms with Gasteiger partial charge in [0.15, 0.2) is 0 Å². The predicted octanol–water partition coefficient (Wildman–Crippen LogP) is 1.59. The van der Waals surface area contributed by atoms with E-state index in [4.69, 9.17) is 9.47 Å². The van der Waals surface area contributed by atoms with Crippen molar-refractivity contribution in [3.8, 4) is 0 Å². The number of carbonyl (C=O) groups is 1. The summed E-state index contributed by atoms with van der Waals surface area (Å²) in [4.78, 5) is 12.8. The van der Waals surface area contributed by atoms with E-state index < -0.39 is 0 Å². The molecule has 0 amide bonds. The van der Waals surface area contributed by atoms with Crippen molar-refractivity contribution in [1.29, 1.82) is 0 Å². The fourth-order valence-corrected chi connectivity index (χ4v) is 1.67. The van der Waals surface area contributed by atoms with Crippen LogP contribution in [0.3, 0.4) is 0 Å². The smallest absolute Gasteiger partial charge is 0.150 e. The molecule has 0 spiro atoms. The van der Waals surface area contributed by atoms with Crippen molar-refractivity contribution in [1.82, 2.24) is 4.90 Å². The van der Waals surface area contributed by atoms with Crippen LogP contribution in [0.25, 0.3) is 0 Å². The first-order valence-electron chi connectivity index (χ1n) is 6.04. The molecule has 0 unspecified atom stereocenters. The summed E-state index contributed by atoms with van der Waals surface area (Å²) in [7, 11) is 3.40. The van der Waals surface area contributed by atoms with Crippen molar-refractivity contribution in [2.24, 2.45) is 0 Å². The second-order valence-electron chi connectivity index (χ2n) is 4.12. The lowest BCUT2D eigenvalue weighted by atomic mass is 10.1. The van der Waals surface area contributed by atoms with Crippen LogP contribution < -0.4 is 0 Å². The number of benzene rings is 1. The van der Waals surface area contributed by atoms with Crippen molar-refractivity contribution >= 4 is 6.29 Å². The van der Waals surface area contributed by atoms with Crippen molar-refractivity contribution in [3.63, 3.8) is 0 Å². The van der Waals surface area contributed by atoms with E-state index in [1.165, 1.54) is 5.56 Å². The SMILES string of the molecule is COCCN(CCOC)Cc1ccc(C=O)cc1. The molecule has 0 saturated carbocycles. The first-order valence-corrected chi connectivity index (χ1v) is 6.04. The molecule has 0 aliphatic rings. The molecule has 100 valence electrons. The van der Waals surface area contributed by atoms with E-state index in [2.05, 4.69) is 4.90 Å². The fraction of sp³-hybridized carbons (Fsp3) is 0.500. The summed E-state index contributed by atoms with van der Waals surface area (Å²) in [6, 6.07) is 7.65. The van der Waals surface area contributed by atoms with Gasteiger partial charge in [0.05, 0.1) is 13.2 Å². The van der Waals surface area contributed by atoms with E-state index in [1.807, 2.05) is 24.3 Å². The highest BCUT2D eigenvalue weighted by Gasteiger charge is 2.05. The van der Waals surface area contributed by atoms with Crippen molar-refractivity contribution < 1.29 is 14.3 Å². The average molecular weight is 251 g/mol. The molecule has 0 radical (unpaired) electrons. The number of hydrogen-bond acceptors (Lipinski definition) is 4. The Labute approximate surface area is 108 Å². The minimum atomic E-state index is 0.704. The summed E-state index contributed by atoms with van der Waals surface area (Å²) >= 11 is 0. The van der Waals surface area contributed by atoms with E-state index in [9.17, 15) is 4.79 Å². The van der Waals surface area contributed by atoms with Gasteiger partial charge in [-0.15, -0.1) is 0 Å². The van der Waals surface area contributed by atoms with E-state index in [1.54, 1.807) is 14.2 Å². The van der Waals surface area contributed by atoms with Crippen molar-refractivity contribution in [2.45, 2.75) is 6.54 Å². The van der Waals surface area contributed by atoms with Gasteiger partial charge in [-0.1, -0.05) is 24.3 Å². The zero-order valence-corrected chi connectivity index (χ0v) is 11.1. The molecule has 18 heavy (non-hydrogen) atoms. The molecule has 0 aliphatic carbocycles. The Hall–Kier alpha value is -1.23. The summed E-state index contributed by atoms with van der Waals surface area (Å²) in [5.41, 5.74) is 1.90. The van der Waals surface area contributed by atoms with Gasteiger partial charge in [-0.3, -0.25) is 9.69 Å². The molecule has 0 N–H and O–H groups in total. The van der Waals surface area contributed by atoms with Gasteiger partial charge in [-0.2, -0.15) is 0 Å². The molecule has 1 aromatic rings. The second kappa shape index (κ2) is 8.80.